The molecule has 12 heteroatoms. The van der Waals surface area contributed by atoms with Crippen LogP contribution in [0.1, 0.15) is 30.6 Å². The summed E-state index contributed by atoms with van der Waals surface area (Å²) in [5.74, 6) is -1.34. The van der Waals surface area contributed by atoms with Crippen molar-refractivity contribution in [3.63, 3.8) is 0 Å². The van der Waals surface area contributed by atoms with Gasteiger partial charge in [0.2, 0.25) is 11.8 Å². The van der Waals surface area contributed by atoms with Crippen LogP contribution in [0.25, 0.3) is 0 Å². The van der Waals surface area contributed by atoms with Crippen molar-refractivity contribution in [2.75, 3.05) is 32.0 Å². The maximum absolute atomic E-state index is 11.9. The molecule has 1 fully saturated rings. The number of piperidine rings is 1. The third-order valence-corrected chi connectivity index (χ3v) is 6.30. The summed E-state index contributed by atoms with van der Waals surface area (Å²) in [6.45, 7) is 3.98. The van der Waals surface area contributed by atoms with Gasteiger partial charge in [-0.15, -0.1) is 0 Å². The average molecular weight is 548 g/mol. The number of ether oxygens (including phenoxy) is 1. The predicted molar refractivity (Wildman–Crippen MR) is 141 cm³/mol. The lowest BCUT2D eigenvalue weighted by Gasteiger charge is -2.26. The SMILES string of the molecule is O=C(CS(=O)Cc1ccco1)NC/C=C\COc1cc(CN2CCCCC2)ccn1.O=C(O)/C=C\C(=O)O. The van der Waals surface area contributed by atoms with E-state index >= 15 is 0 Å². The van der Waals surface area contributed by atoms with E-state index in [4.69, 9.17) is 19.4 Å². The van der Waals surface area contributed by atoms with Crippen LogP contribution in [0.15, 0.2) is 65.4 Å². The third kappa shape index (κ3) is 14.1. The van der Waals surface area contributed by atoms with Crippen molar-refractivity contribution < 1.29 is 38.0 Å². The Labute approximate surface area is 223 Å². The van der Waals surface area contributed by atoms with Gasteiger partial charge in [-0.05, 0) is 55.8 Å². The average Bonchev–Trinajstić information content (AvgIpc) is 3.39. The molecule has 0 bridgehead atoms. The number of hydrogen-bond donors (Lipinski definition) is 3. The van der Waals surface area contributed by atoms with E-state index in [9.17, 15) is 18.6 Å². The highest BCUT2D eigenvalue weighted by Gasteiger charge is 2.11. The first-order valence-corrected chi connectivity index (χ1v) is 13.5. The molecule has 11 nitrogen and oxygen atoms in total. The van der Waals surface area contributed by atoms with Crippen molar-refractivity contribution in [2.24, 2.45) is 0 Å². The number of carbonyl (C=O) groups excluding carboxylic acids is 1. The van der Waals surface area contributed by atoms with Crippen LogP contribution in [0.3, 0.4) is 0 Å². The van der Waals surface area contributed by atoms with E-state index in [1.807, 2.05) is 24.3 Å². The molecule has 3 N–H and O–H groups in total. The zero-order valence-electron chi connectivity index (χ0n) is 21.0. The van der Waals surface area contributed by atoms with Gasteiger partial charge in [-0.2, -0.15) is 0 Å². The van der Waals surface area contributed by atoms with Crippen molar-refractivity contribution in [3.8, 4) is 5.88 Å². The van der Waals surface area contributed by atoms with Crippen LogP contribution in [0.2, 0.25) is 0 Å². The van der Waals surface area contributed by atoms with E-state index in [-0.39, 0.29) is 17.4 Å². The summed E-state index contributed by atoms with van der Waals surface area (Å²) in [7, 11) is -1.28. The standard InChI is InChI=1S/C22H29N3O4S.C4H4O4/c26-21(18-30(27)17-20-7-6-14-28-20)23-9-2-5-13-29-22-15-19(8-10-24-22)16-25-11-3-1-4-12-25;5-3(6)1-2-4(7)8/h2,5-8,10,14-15H,1,3-4,9,11-13,16-18H2,(H,23,26);1-2H,(H,5,6)(H,7,8)/b5-2-;2-1-. The fourth-order valence-corrected chi connectivity index (χ4v) is 4.38. The van der Waals surface area contributed by atoms with E-state index in [1.54, 1.807) is 18.3 Å². The Balaban J connectivity index is 0.000000550. The van der Waals surface area contributed by atoms with E-state index in [1.165, 1.54) is 31.1 Å². The number of nitrogens with one attached hydrogen (secondary N) is 1. The summed E-state index contributed by atoms with van der Waals surface area (Å²) in [6.07, 6.45) is 11.9. The molecule has 3 rings (SSSR count). The molecule has 1 atom stereocenters. The van der Waals surface area contributed by atoms with Crippen LogP contribution in [-0.4, -0.2) is 74.1 Å². The number of aliphatic carboxylic acids is 2. The quantitative estimate of drug-likeness (QED) is 0.251. The highest BCUT2D eigenvalue weighted by atomic mass is 32.2. The molecule has 0 saturated carbocycles. The molecule has 2 aromatic rings. The second-order valence-electron chi connectivity index (χ2n) is 8.24. The van der Waals surface area contributed by atoms with Gasteiger partial charge < -0.3 is 24.7 Å². The molecule has 1 saturated heterocycles. The Morgan fingerprint density at radius 3 is 2.50 bits per heavy atom. The largest absolute Gasteiger partial charge is 0.478 e. The number of carbonyl (C=O) groups is 3. The maximum Gasteiger partial charge on any atom is 0.328 e. The smallest absolute Gasteiger partial charge is 0.328 e. The summed E-state index contributed by atoms with van der Waals surface area (Å²) < 4.78 is 22.7. The Morgan fingerprint density at radius 1 is 1.11 bits per heavy atom. The number of furan rings is 1. The van der Waals surface area contributed by atoms with Gasteiger partial charge in [0, 0.05) is 48.3 Å². The van der Waals surface area contributed by atoms with Gasteiger partial charge in [-0.3, -0.25) is 13.9 Å². The van der Waals surface area contributed by atoms with Gasteiger partial charge in [0.25, 0.3) is 0 Å². The fraction of sp³-hybridized carbons (Fsp3) is 0.385. The van der Waals surface area contributed by atoms with Crippen LogP contribution in [0.4, 0.5) is 0 Å². The molecule has 38 heavy (non-hydrogen) atoms. The molecule has 1 aliphatic rings. The molecular weight excluding hydrogens is 514 g/mol. The molecule has 0 aromatic carbocycles. The normalized spacial score (nSPS) is 14.5. The first-order valence-electron chi connectivity index (χ1n) is 12.0. The summed E-state index contributed by atoms with van der Waals surface area (Å²) in [5.41, 5.74) is 1.21. The number of pyridine rings is 1. The summed E-state index contributed by atoms with van der Waals surface area (Å²) in [6, 6.07) is 7.50. The number of carboxylic acid groups (broad SMARTS) is 2. The number of likely N-dealkylation sites (tertiary alicyclic amines) is 1. The summed E-state index contributed by atoms with van der Waals surface area (Å²) >= 11 is 0. The monoisotopic (exact) mass is 547 g/mol. The first kappa shape index (κ1) is 30.5. The second kappa shape index (κ2) is 17.6. The zero-order valence-corrected chi connectivity index (χ0v) is 21.8. The minimum Gasteiger partial charge on any atom is -0.478 e. The van der Waals surface area contributed by atoms with Crippen molar-refractivity contribution in [3.05, 3.63) is 72.4 Å². The minimum atomic E-state index is -1.28. The lowest BCUT2D eigenvalue weighted by atomic mass is 10.1. The van der Waals surface area contributed by atoms with Crippen molar-refractivity contribution in [1.29, 1.82) is 0 Å². The molecule has 0 radical (unpaired) electrons. The zero-order chi connectivity index (χ0) is 27.6. The molecule has 2 aromatic heterocycles. The molecule has 0 spiro atoms. The lowest BCUT2D eigenvalue weighted by molar-refractivity contribution is -0.134. The highest BCUT2D eigenvalue weighted by Crippen LogP contribution is 2.15. The minimum absolute atomic E-state index is 0.0429. The Morgan fingerprint density at radius 2 is 1.84 bits per heavy atom. The first-order chi connectivity index (χ1) is 18.3. The Kier molecular flexibility index (Phi) is 14.1. The van der Waals surface area contributed by atoms with Crippen LogP contribution >= 0.6 is 0 Å². The number of hydrogen-bond acceptors (Lipinski definition) is 8. The second-order valence-corrected chi connectivity index (χ2v) is 9.70. The van der Waals surface area contributed by atoms with E-state index in [0.717, 1.165) is 19.6 Å². The van der Waals surface area contributed by atoms with Gasteiger partial charge in [0.15, 0.2) is 0 Å². The van der Waals surface area contributed by atoms with Crippen molar-refractivity contribution in [2.45, 2.75) is 31.6 Å². The molecule has 1 aliphatic heterocycles. The number of aromatic nitrogens is 1. The number of nitrogens with zero attached hydrogens (tertiary/aromatic N) is 2. The van der Waals surface area contributed by atoms with Crippen molar-refractivity contribution >= 4 is 28.6 Å². The van der Waals surface area contributed by atoms with Gasteiger partial charge >= 0.3 is 11.9 Å². The summed E-state index contributed by atoms with van der Waals surface area (Å²) in [5, 5.41) is 18.3. The van der Waals surface area contributed by atoms with Crippen LogP contribution in [0.5, 0.6) is 5.88 Å². The maximum atomic E-state index is 11.9. The molecule has 0 aliphatic carbocycles. The molecule has 206 valence electrons. The predicted octanol–water partition coefficient (Wildman–Crippen LogP) is 2.37. The van der Waals surface area contributed by atoms with E-state index in [2.05, 4.69) is 15.2 Å². The molecule has 1 unspecified atom stereocenters. The Bertz CT molecular complexity index is 1080. The number of amides is 1. The van der Waals surface area contributed by atoms with Crippen molar-refractivity contribution in [1.82, 2.24) is 15.2 Å². The topological polar surface area (TPSA) is 159 Å². The van der Waals surface area contributed by atoms with Gasteiger partial charge in [-0.25, -0.2) is 14.6 Å². The Hall–Kier alpha value is -3.77. The van der Waals surface area contributed by atoms with Gasteiger partial charge in [0.1, 0.15) is 18.1 Å². The molecule has 1 amide bonds. The van der Waals surface area contributed by atoms with Gasteiger partial charge in [-0.1, -0.05) is 12.5 Å². The highest BCUT2D eigenvalue weighted by molar-refractivity contribution is 7.84. The molecule has 3 heterocycles. The third-order valence-electron chi connectivity index (χ3n) is 5.11. The fourth-order valence-electron chi connectivity index (χ4n) is 3.41. The number of carboxylic acids is 2. The lowest BCUT2D eigenvalue weighted by Crippen LogP contribution is -2.29. The van der Waals surface area contributed by atoms with Crippen LogP contribution in [-0.2, 0) is 37.5 Å². The van der Waals surface area contributed by atoms with Gasteiger partial charge in [0.05, 0.1) is 12.0 Å². The summed E-state index contributed by atoms with van der Waals surface area (Å²) in [4.78, 5) is 37.7. The van der Waals surface area contributed by atoms with E-state index in [0.29, 0.717) is 36.9 Å². The molecular formula is C26H33N3O8S. The van der Waals surface area contributed by atoms with Crippen LogP contribution < -0.4 is 10.1 Å². The van der Waals surface area contributed by atoms with Crippen LogP contribution in [0, 0.1) is 0 Å². The van der Waals surface area contributed by atoms with E-state index < -0.39 is 22.7 Å². The number of rotatable bonds is 13.